The summed E-state index contributed by atoms with van der Waals surface area (Å²) in [6.07, 6.45) is 2.93. The Bertz CT molecular complexity index is 1430. The Morgan fingerprint density at radius 1 is 1.15 bits per heavy atom. The number of fused-ring (bicyclic) bond motifs is 1. The van der Waals surface area contributed by atoms with E-state index in [0.29, 0.717) is 33.7 Å². The molecule has 3 N–H and O–H groups in total. The second kappa shape index (κ2) is 10.3. The monoisotopic (exact) mass is 520 g/mol. The van der Waals surface area contributed by atoms with Crippen LogP contribution >= 0.6 is 15.9 Å². The minimum atomic E-state index is -0.398. The molecule has 1 aromatic heterocycles. The number of hydrogen-bond acceptors (Lipinski definition) is 6. The second-order valence-electron chi connectivity index (χ2n) is 7.27. The van der Waals surface area contributed by atoms with E-state index in [-0.39, 0.29) is 17.9 Å². The first-order valence-electron chi connectivity index (χ1n) is 10.3. The number of hydrazine groups is 1. The zero-order valence-corrected chi connectivity index (χ0v) is 19.7. The fourth-order valence-electron chi connectivity index (χ4n) is 3.39. The fourth-order valence-corrected chi connectivity index (χ4v) is 3.75. The van der Waals surface area contributed by atoms with Crippen molar-refractivity contribution in [2.24, 2.45) is 0 Å². The van der Waals surface area contributed by atoms with Crippen LogP contribution in [0.3, 0.4) is 0 Å². The van der Waals surface area contributed by atoms with Crippen molar-refractivity contribution in [2.45, 2.75) is 6.54 Å². The smallest absolute Gasteiger partial charge is 0.266 e. The van der Waals surface area contributed by atoms with Crippen LogP contribution in [0.25, 0.3) is 22.7 Å². The number of halogens is 1. The van der Waals surface area contributed by atoms with E-state index in [4.69, 9.17) is 4.74 Å². The highest BCUT2D eigenvalue weighted by Gasteiger charge is 2.13. The highest BCUT2D eigenvalue weighted by Crippen LogP contribution is 2.26. The lowest BCUT2D eigenvalue weighted by Gasteiger charge is -2.14. The predicted molar refractivity (Wildman–Crippen MR) is 134 cm³/mol. The number of amides is 1. The van der Waals surface area contributed by atoms with Gasteiger partial charge in [0.05, 0.1) is 30.2 Å². The van der Waals surface area contributed by atoms with E-state index in [0.717, 1.165) is 4.47 Å². The minimum absolute atomic E-state index is 0.0190. The molecule has 4 rings (SSSR count). The Balaban J connectivity index is 1.53. The summed E-state index contributed by atoms with van der Waals surface area (Å²) in [7, 11) is 1.45. The van der Waals surface area contributed by atoms with Gasteiger partial charge in [-0.3, -0.25) is 19.6 Å². The Hall–Kier alpha value is -3.95. The van der Waals surface area contributed by atoms with Crippen LogP contribution < -0.4 is 21.1 Å². The third-order valence-corrected chi connectivity index (χ3v) is 5.50. The lowest BCUT2D eigenvalue weighted by molar-refractivity contribution is -0.117. The Morgan fingerprint density at radius 2 is 1.94 bits per heavy atom. The maximum absolute atomic E-state index is 13.3. The Morgan fingerprint density at radius 3 is 2.71 bits per heavy atom. The largest absolute Gasteiger partial charge is 0.504 e. The van der Waals surface area contributed by atoms with Crippen LogP contribution in [0.2, 0.25) is 0 Å². The van der Waals surface area contributed by atoms with Crippen molar-refractivity contribution < 1.29 is 14.6 Å². The van der Waals surface area contributed by atoms with Gasteiger partial charge in [0, 0.05) is 10.5 Å². The van der Waals surface area contributed by atoms with Crippen molar-refractivity contribution in [1.82, 2.24) is 20.4 Å². The Kier molecular flexibility index (Phi) is 7.05. The molecule has 0 unspecified atom stereocenters. The first kappa shape index (κ1) is 23.2. The summed E-state index contributed by atoms with van der Waals surface area (Å²) in [5, 5.41) is 10.2. The summed E-state index contributed by atoms with van der Waals surface area (Å²) in [4.78, 5) is 30.2. The van der Waals surface area contributed by atoms with Crippen LogP contribution in [0.1, 0.15) is 11.4 Å². The molecule has 9 heteroatoms. The van der Waals surface area contributed by atoms with E-state index >= 15 is 0 Å². The van der Waals surface area contributed by atoms with Gasteiger partial charge >= 0.3 is 0 Å². The first-order chi connectivity index (χ1) is 16.5. The maximum Gasteiger partial charge on any atom is 0.266 e. The van der Waals surface area contributed by atoms with Crippen molar-refractivity contribution in [2.75, 3.05) is 7.11 Å². The van der Waals surface area contributed by atoms with Gasteiger partial charge in [0.25, 0.3) is 11.5 Å². The van der Waals surface area contributed by atoms with Crippen LogP contribution in [-0.4, -0.2) is 27.7 Å². The lowest BCUT2D eigenvalue weighted by atomic mass is 10.2. The van der Waals surface area contributed by atoms with Gasteiger partial charge in [-0.1, -0.05) is 40.2 Å². The Labute approximate surface area is 203 Å². The number of methoxy groups -OCH3 is 1. The second-order valence-corrected chi connectivity index (χ2v) is 8.19. The molecule has 34 heavy (non-hydrogen) atoms. The van der Waals surface area contributed by atoms with Crippen molar-refractivity contribution in [1.29, 1.82) is 0 Å². The SMILES string of the molecule is COc1cc(/C=C/C(=O)NNCc2nc3ccc(Br)cc3c(=O)n2-c2ccccc2)ccc1O. The molecule has 1 heterocycles. The number of benzene rings is 3. The number of aromatic hydroxyl groups is 1. The number of carbonyl (C=O) groups is 1. The number of nitrogens with zero attached hydrogens (tertiary/aromatic N) is 2. The van der Waals surface area contributed by atoms with Gasteiger partial charge in [0.1, 0.15) is 5.82 Å². The normalized spacial score (nSPS) is 11.1. The van der Waals surface area contributed by atoms with Gasteiger partial charge in [0.2, 0.25) is 0 Å². The van der Waals surface area contributed by atoms with Crippen molar-refractivity contribution >= 4 is 38.8 Å². The van der Waals surface area contributed by atoms with Gasteiger partial charge < -0.3 is 9.84 Å². The third-order valence-electron chi connectivity index (χ3n) is 5.00. The number of nitrogens with one attached hydrogen (secondary N) is 2. The van der Waals surface area contributed by atoms with Crippen LogP contribution in [-0.2, 0) is 11.3 Å². The first-order valence-corrected chi connectivity index (χ1v) is 11.1. The predicted octanol–water partition coefficient (Wildman–Crippen LogP) is 3.70. The lowest BCUT2D eigenvalue weighted by Crippen LogP contribution is -2.38. The number of rotatable bonds is 7. The summed E-state index contributed by atoms with van der Waals surface area (Å²) in [6.45, 7) is 0.114. The van der Waals surface area contributed by atoms with Crippen LogP contribution in [0, 0.1) is 0 Å². The highest BCUT2D eigenvalue weighted by atomic mass is 79.9. The number of carbonyl (C=O) groups excluding carboxylic acids is 1. The number of aromatic nitrogens is 2. The summed E-state index contributed by atoms with van der Waals surface area (Å²) in [5.41, 5.74) is 7.12. The number of phenolic OH excluding ortho intramolecular Hbond substituents is 1. The van der Waals surface area contributed by atoms with Gasteiger partial charge in [-0.15, -0.1) is 0 Å². The topological polar surface area (TPSA) is 105 Å². The molecular formula is C25H21BrN4O4. The van der Waals surface area contributed by atoms with Crippen LogP contribution in [0.15, 0.2) is 82.1 Å². The van der Waals surface area contributed by atoms with E-state index in [1.807, 2.05) is 36.4 Å². The molecule has 4 aromatic rings. The van der Waals surface area contributed by atoms with Crippen molar-refractivity contribution in [3.63, 3.8) is 0 Å². The molecule has 0 fully saturated rings. The summed E-state index contributed by atoms with van der Waals surface area (Å²) in [5.74, 6) is 0.378. The molecule has 0 atom stereocenters. The van der Waals surface area contributed by atoms with Crippen LogP contribution in [0.5, 0.6) is 11.5 Å². The molecule has 0 saturated heterocycles. The van der Waals surface area contributed by atoms with E-state index in [2.05, 4.69) is 31.8 Å². The van der Waals surface area contributed by atoms with E-state index < -0.39 is 5.91 Å². The standard InChI is InChI=1S/C25H21BrN4O4/c1-34-22-13-16(7-11-21(22)31)8-12-24(32)29-27-15-23-28-20-10-9-17(26)14-19(20)25(33)30(23)18-5-3-2-4-6-18/h2-14,27,31H,15H2,1H3,(H,29,32)/b12-8+. The molecular weight excluding hydrogens is 500 g/mol. The number of para-hydroxylation sites is 1. The van der Waals surface area contributed by atoms with E-state index in [1.165, 1.54) is 23.8 Å². The quantitative estimate of drug-likeness (QED) is 0.253. The number of ether oxygens (including phenoxy) is 1. The molecule has 3 aromatic carbocycles. The zero-order chi connectivity index (χ0) is 24.1. The van der Waals surface area contributed by atoms with Gasteiger partial charge in [-0.2, -0.15) is 0 Å². The molecule has 0 saturated carbocycles. The van der Waals surface area contributed by atoms with Crippen molar-refractivity contribution in [3.05, 3.63) is 99.0 Å². The maximum atomic E-state index is 13.3. The molecule has 0 aliphatic heterocycles. The number of hydrogen-bond donors (Lipinski definition) is 3. The van der Waals surface area contributed by atoms with Gasteiger partial charge in [-0.05, 0) is 54.1 Å². The summed E-state index contributed by atoms with van der Waals surface area (Å²) >= 11 is 3.41. The molecule has 0 radical (unpaired) electrons. The molecule has 8 nitrogen and oxygen atoms in total. The van der Waals surface area contributed by atoms with Gasteiger partial charge in [-0.25, -0.2) is 10.4 Å². The molecule has 0 spiro atoms. The zero-order valence-electron chi connectivity index (χ0n) is 18.2. The minimum Gasteiger partial charge on any atom is -0.504 e. The molecule has 1 amide bonds. The summed E-state index contributed by atoms with van der Waals surface area (Å²) in [6, 6.07) is 19.3. The molecule has 0 aliphatic carbocycles. The molecule has 0 aliphatic rings. The molecule has 172 valence electrons. The highest BCUT2D eigenvalue weighted by molar-refractivity contribution is 9.10. The van der Waals surface area contributed by atoms with Crippen molar-refractivity contribution in [3.8, 4) is 17.2 Å². The fraction of sp³-hybridized carbons (Fsp3) is 0.0800. The average molecular weight is 521 g/mol. The van der Waals surface area contributed by atoms with Crippen LogP contribution in [0.4, 0.5) is 0 Å². The average Bonchev–Trinajstić information content (AvgIpc) is 2.84. The number of phenols is 1. The van der Waals surface area contributed by atoms with E-state index in [1.54, 1.807) is 30.3 Å². The summed E-state index contributed by atoms with van der Waals surface area (Å²) < 4.78 is 7.37. The van der Waals surface area contributed by atoms with E-state index in [9.17, 15) is 14.7 Å². The third kappa shape index (κ3) is 5.16. The molecule has 0 bridgehead atoms. The van der Waals surface area contributed by atoms with Gasteiger partial charge in [0.15, 0.2) is 11.5 Å².